The minimum absolute atomic E-state index is 0.0462. The molecule has 2 aromatic rings. The quantitative estimate of drug-likeness (QED) is 0.829. The summed E-state index contributed by atoms with van der Waals surface area (Å²) in [6, 6.07) is 13.6. The Morgan fingerprint density at radius 3 is 2.50 bits per heavy atom. The number of nitrogens with one attached hydrogen (secondary N) is 1. The van der Waals surface area contributed by atoms with Gasteiger partial charge in [0, 0.05) is 42.9 Å². The van der Waals surface area contributed by atoms with E-state index in [9.17, 15) is 4.79 Å². The topological polar surface area (TPSA) is 54.0 Å². The van der Waals surface area contributed by atoms with E-state index in [0.717, 1.165) is 41.3 Å². The predicted molar refractivity (Wildman–Crippen MR) is 103 cm³/mol. The largest absolute Gasteiger partial charge is 0.454 e. The van der Waals surface area contributed by atoms with Gasteiger partial charge in [-0.2, -0.15) is 0 Å². The van der Waals surface area contributed by atoms with Gasteiger partial charge in [-0.25, -0.2) is 4.79 Å². The molecule has 136 valence electrons. The molecule has 6 nitrogen and oxygen atoms in total. The van der Waals surface area contributed by atoms with Gasteiger partial charge in [-0.05, 0) is 42.0 Å². The van der Waals surface area contributed by atoms with Crippen molar-refractivity contribution in [3.05, 3.63) is 52.5 Å². The Morgan fingerprint density at radius 1 is 1.00 bits per heavy atom. The summed E-state index contributed by atoms with van der Waals surface area (Å²) in [5.74, 6) is 1.62. The van der Waals surface area contributed by atoms with Crippen LogP contribution in [0.1, 0.15) is 5.56 Å². The van der Waals surface area contributed by atoms with Crippen molar-refractivity contribution in [3.8, 4) is 11.5 Å². The molecule has 2 amide bonds. The van der Waals surface area contributed by atoms with Crippen molar-refractivity contribution in [2.24, 2.45) is 0 Å². The third-order valence-corrected chi connectivity index (χ3v) is 5.13. The number of halogens is 1. The number of rotatable bonds is 3. The molecule has 0 unspecified atom stereocenters. The maximum atomic E-state index is 12.4. The molecule has 0 spiro atoms. The van der Waals surface area contributed by atoms with Gasteiger partial charge in [-0.3, -0.25) is 4.90 Å². The van der Waals surface area contributed by atoms with Gasteiger partial charge in [0.15, 0.2) is 11.5 Å². The number of hydrogen-bond donors (Lipinski definition) is 1. The van der Waals surface area contributed by atoms with Gasteiger partial charge < -0.3 is 19.7 Å². The van der Waals surface area contributed by atoms with Crippen molar-refractivity contribution in [3.63, 3.8) is 0 Å². The first-order chi connectivity index (χ1) is 12.7. The Kier molecular flexibility index (Phi) is 4.99. The van der Waals surface area contributed by atoms with Crippen LogP contribution in [0.2, 0.25) is 0 Å². The van der Waals surface area contributed by atoms with E-state index in [0.29, 0.717) is 19.9 Å². The predicted octanol–water partition coefficient (Wildman–Crippen LogP) is 3.53. The highest BCUT2D eigenvalue weighted by molar-refractivity contribution is 9.10. The fourth-order valence-electron chi connectivity index (χ4n) is 3.14. The summed E-state index contributed by atoms with van der Waals surface area (Å²) in [5, 5.41) is 2.95. The van der Waals surface area contributed by atoms with E-state index in [1.165, 1.54) is 5.56 Å². The van der Waals surface area contributed by atoms with Crippen molar-refractivity contribution in [2.75, 3.05) is 38.3 Å². The third kappa shape index (κ3) is 3.94. The number of benzene rings is 2. The fourth-order valence-corrected chi connectivity index (χ4v) is 3.41. The van der Waals surface area contributed by atoms with Crippen molar-refractivity contribution < 1.29 is 14.3 Å². The Morgan fingerprint density at radius 2 is 1.73 bits per heavy atom. The van der Waals surface area contributed by atoms with E-state index in [-0.39, 0.29) is 6.03 Å². The lowest BCUT2D eigenvalue weighted by Gasteiger charge is -2.34. The van der Waals surface area contributed by atoms with Crippen LogP contribution in [0.3, 0.4) is 0 Å². The standard InChI is InChI=1S/C19H20BrN3O3/c20-15-2-4-16(5-3-15)21-19(24)23-9-7-22(8-10-23)12-14-1-6-17-18(11-14)26-13-25-17/h1-6,11H,7-10,12-13H2,(H,21,24). The molecule has 2 aliphatic rings. The molecule has 1 fully saturated rings. The average Bonchev–Trinajstić information content (AvgIpc) is 3.12. The summed E-state index contributed by atoms with van der Waals surface area (Å²) in [4.78, 5) is 16.6. The van der Waals surface area contributed by atoms with Crippen LogP contribution < -0.4 is 14.8 Å². The van der Waals surface area contributed by atoms with Gasteiger partial charge in [-0.15, -0.1) is 0 Å². The summed E-state index contributed by atoms with van der Waals surface area (Å²) in [6.45, 7) is 4.27. The Balaban J connectivity index is 1.28. The number of hydrogen-bond acceptors (Lipinski definition) is 4. The molecule has 2 aromatic carbocycles. The van der Waals surface area contributed by atoms with Gasteiger partial charge in [-0.1, -0.05) is 22.0 Å². The first-order valence-electron chi connectivity index (χ1n) is 8.60. The molecule has 2 heterocycles. The molecule has 4 rings (SSSR count). The first-order valence-corrected chi connectivity index (χ1v) is 9.39. The highest BCUT2D eigenvalue weighted by Crippen LogP contribution is 2.32. The SMILES string of the molecule is O=C(Nc1ccc(Br)cc1)N1CCN(Cc2ccc3c(c2)OCO3)CC1. The maximum Gasteiger partial charge on any atom is 0.321 e. The minimum atomic E-state index is -0.0462. The molecule has 26 heavy (non-hydrogen) atoms. The van der Waals surface area contributed by atoms with E-state index in [1.807, 2.05) is 41.3 Å². The summed E-state index contributed by atoms with van der Waals surface area (Å²) >= 11 is 3.39. The number of amides is 2. The summed E-state index contributed by atoms with van der Waals surface area (Å²) < 4.78 is 11.8. The van der Waals surface area contributed by atoms with E-state index < -0.39 is 0 Å². The number of anilines is 1. The van der Waals surface area contributed by atoms with Crippen LogP contribution in [0.25, 0.3) is 0 Å². The Labute approximate surface area is 160 Å². The van der Waals surface area contributed by atoms with Crippen molar-refractivity contribution in [2.45, 2.75) is 6.54 Å². The van der Waals surface area contributed by atoms with Crippen LogP contribution in [0.15, 0.2) is 46.9 Å². The zero-order chi connectivity index (χ0) is 17.9. The van der Waals surface area contributed by atoms with E-state index >= 15 is 0 Å². The maximum absolute atomic E-state index is 12.4. The lowest BCUT2D eigenvalue weighted by Crippen LogP contribution is -2.49. The Hall–Kier alpha value is -2.25. The monoisotopic (exact) mass is 417 g/mol. The zero-order valence-corrected chi connectivity index (χ0v) is 15.9. The fraction of sp³-hybridized carbons (Fsp3) is 0.316. The van der Waals surface area contributed by atoms with Crippen molar-refractivity contribution in [1.82, 2.24) is 9.80 Å². The number of carbonyl (C=O) groups excluding carboxylic acids is 1. The lowest BCUT2D eigenvalue weighted by molar-refractivity contribution is 0.143. The summed E-state index contributed by atoms with van der Waals surface area (Å²) in [7, 11) is 0. The first kappa shape index (κ1) is 17.2. The molecule has 7 heteroatoms. The van der Waals surface area contributed by atoms with E-state index in [1.54, 1.807) is 0 Å². The highest BCUT2D eigenvalue weighted by Gasteiger charge is 2.22. The molecular weight excluding hydrogens is 398 g/mol. The van der Waals surface area contributed by atoms with Crippen LogP contribution in [-0.4, -0.2) is 48.8 Å². The van der Waals surface area contributed by atoms with Crippen LogP contribution in [0, 0.1) is 0 Å². The number of urea groups is 1. The van der Waals surface area contributed by atoms with E-state index in [4.69, 9.17) is 9.47 Å². The van der Waals surface area contributed by atoms with Gasteiger partial charge in [0.1, 0.15) is 0 Å². The molecule has 1 saturated heterocycles. The van der Waals surface area contributed by atoms with Crippen LogP contribution >= 0.6 is 15.9 Å². The molecule has 0 radical (unpaired) electrons. The van der Waals surface area contributed by atoms with Crippen LogP contribution in [0.4, 0.5) is 10.5 Å². The third-order valence-electron chi connectivity index (χ3n) is 4.60. The number of carbonyl (C=O) groups is 1. The lowest BCUT2D eigenvalue weighted by atomic mass is 10.1. The van der Waals surface area contributed by atoms with Gasteiger partial charge >= 0.3 is 6.03 Å². The number of ether oxygens (including phenoxy) is 2. The number of fused-ring (bicyclic) bond motifs is 1. The molecule has 0 bridgehead atoms. The molecule has 1 N–H and O–H groups in total. The molecule has 0 saturated carbocycles. The smallest absolute Gasteiger partial charge is 0.321 e. The molecule has 0 aromatic heterocycles. The molecule has 0 atom stereocenters. The van der Waals surface area contributed by atoms with Gasteiger partial charge in [0.2, 0.25) is 6.79 Å². The zero-order valence-electron chi connectivity index (χ0n) is 14.3. The number of piperazine rings is 1. The second kappa shape index (κ2) is 7.55. The van der Waals surface area contributed by atoms with Crippen molar-refractivity contribution >= 4 is 27.6 Å². The molecule has 0 aliphatic carbocycles. The second-order valence-electron chi connectivity index (χ2n) is 6.39. The highest BCUT2D eigenvalue weighted by atomic mass is 79.9. The minimum Gasteiger partial charge on any atom is -0.454 e. The summed E-state index contributed by atoms with van der Waals surface area (Å²) in [5.41, 5.74) is 2.00. The van der Waals surface area contributed by atoms with Crippen LogP contribution in [0.5, 0.6) is 11.5 Å². The summed E-state index contributed by atoms with van der Waals surface area (Å²) in [6.07, 6.45) is 0. The molecular formula is C19H20BrN3O3. The van der Waals surface area contributed by atoms with Crippen molar-refractivity contribution in [1.29, 1.82) is 0 Å². The number of nitrogens with zero attached hydrogens (tertiary/aromatic N) is 2. The normalized spacial score (nSPS) is 16.6. The van der Waals surface area contributed by atoms with Gasteiger partial charge in [0.05, 0.1) is 0 Å². The molecule has 2 aliphatic heterocycles. The average molecular weight is 418 g/mol. The van der Waals surface area contributed by atoms with E-state index in [2.05, 4.69) is 32.2 Å². The van der Waals surface area contributed by atoms with Crippen LogP contribution in [-0.2, 0) is 6.54 Å². The Bertz CT molecular complexity index is 789. The van der Waals surface area contributed by atoms with Gasteiger partial charge in [0.25, 0.3) is 0 Å². The second-order valence-corrected chi connectivity index (χ2v) is 7.30.